The van der Waals surface area contributed by atoms with Crippen molar-refractivity contribution in [3.8, 4) is 17.0 Å². The van der Waals surface area contributed by atoms with Gasteiger partial charge in [-0.2, -0.15) is 0 Å². The zero-order valence-corrected chi connectivity index (χ0v) is 17.1. The number of anilines is 1. The maximum atomic E-state index is 11.8. The SMILES string of the molecule is CN1CCN(c2nc(-c3ccc(OC4(C(=O)O)CCCCC4)cc3)cs2)CC1. The molecule has 4 rings (SSSR count). The number of carbonyl (C=O) groups is 1. The molecule has 1 aliphatic heterocycles. The first-order chi connectivity index (χ1) is 13.6. The predicted octanol–water partition coefficient (Wildman–Crippen LogP) is 3.73. The third kappa shape index (κ3) is 4.00. The first kappa shape index (κ1) is 19.2. The highest BCUT2D eigenvalue weighted by atomic mass is 32.1. The lowest BCUT2D eigenvalue weighted by Crippen LogP contribution is -2.46. The first-order valence-corrected chi connectivity index (χ1v) is 10.9. The van der Waals surface area contributed by atoms with Crippen molar-refractivity contribution in [3.05, 3.63) is 29.6 Å². The Hall–Kier alpha value is -2.12. The topological polar surface area (TPSA) is 65.9 Å². The molecule has 0 unspecified atom stereocenters. The molecule has 28 heavy (non-hydrogen) atoms. The number of benzene rings is 1. The standard InChI is InChI=1S/C21H27N3O3S/c1-23-11-13-24(14-12-23)20-22-18(15-28-20)16-5-7-17(8-6-16)27-21(19(25)26)9-3-2-4-10-21/h5-8,15H,2-4,9-14H2,1H3,(H,25,26). The van der Waals surface area contributed by atoms with E-state index in [0.717, 1.165) is 61.8 Å². The van der Waals surface area contributed by atoms with Gasteiger partial charge in [-0.1, -0.05) is 6.42 Å². The number of hydrogen-bond acceptors (Lipinski definition) is 6. The van der Waals surface area contributed by atoms with Crippen molar-refractivity contribution >= 4 is 22.4 Å². The molecule has 1 saturated heterocycles. The van der Waals surface area contributed by atoms with E-state index >= 15 is 0 Å². The van der Waals surface area contributed by atoms with E-state index < -0.39 is 11.6 Å². The lowest BCUT2D eigenvalue weighted by molar-refractivity contribution is -0.158. The van der Waals surface area contributed by atoms with Gasteiger partial charge in [-0.05, 0) is 57.0 Å². The van der Waals surface area contributed by atoms with Crippen molar-refractivity contribution in [1.82, 2.24) is 9.88 Å². The molecule has 2 fully saturated rings. The zero-order valence-electron chi connectivity index (χ0n) is 16.3. The molecule has 2 aromatic rings. The molecule has 2 heterocycles. The monoisotopic (exact) mass is 401 g/mol. The van der Waals surface area contributed by atoms with Crippen molar-refractivity contribution in [3.63, 3.8) is 0 Å². The molecular formula is C21H27N3O3S. The maximum Gasteiger partial charge on any atom is 0.348 e. The molecule has 1 saturated carbocycles. The number of piperazine rings is 1. The minimum absolute atomic E-state index is 0.574. The number of hydrogen-bond donors (Lipinski definition) is 1. The minimum atomic E-state index is -1.07. The maximum absolute atomic E-state index is 11.8. The van der Waals surface area contributed by atoms with Gasteiger partial charge in [-0.15, -0.1) is 11.3 Å². The highest BCUT2D eigenvalue weighted by Crippen LogP contribution is 2.35. The highest BCUT2D eigenvalue weighted by Gasteiger charge is 2.42. The van der Waals surface area contributed by atoms with Gasteiger partial charge in [-0.25, -0.2) is 9.78 Å². The Kier molecular flexibility index (Phi) is 5.55. The summed E-state index contributed by atoms with van der Waals surface area (Å²) in [6.45, 7) is 4.14. The number of aliphatic carboxylic acids is 1. The van der Waals surface area contributed by atoms with Crippen LogP contribution in [0.3, 0.4) is 0 Å². The Morgan fingerprint density at radius 1 is 1.11 bits per heavy atom. The fourth-order valence-electron chi connectivity index (χ4n) is 3.94. The second kappa shape index (κ2) is 8.09. The van der Waals surface area contributed by atoms with Crippen LogP contribution in [0, 0.1) is 0 Å². The van der Waals surface area contributed by atoms with Crippen LogP contribution in [0.25, 0.3) is 11.3 Å². The quantitative estimate of drug-likeness (QED) is 0.824. The molecule has 1 aromatic carbocycles. The van der Waals surface area contributed by atoms with Gasteiger partial charge in [0.1, 0.15) is 5.75 Å². The molecular weight excluding hydrogens is 374 g/mol. The van der Waals surface area contributed by atoms with E-state index in [1.165, 1.54) is 0 Å². The number of carboxylic acids is 1. The summed E-state index contributed by atoms with van der Waals surface area (Å²) in [7, 11) is 2.15. The summed E-state index contributed by atoms with van der Waals surface area (Å²) in [4.78, 5) is 21.3. The molecule has 1 aromatic heterocycles. The lowest BCUT2D eigenvalue weighted by Gasteiger charge is -2.33. The van der Waals surface area contributed by atoms with E-state index in [1.54, 1.807) is 11.3 Å². The minimum Gasteiger partial charge on any atom is -0.478 e. The largest absolute Gasteiger partial charge is 0.478 e. The van der Waals surface area contributed by atoms with Crippen LogP contribution in [-0.4, -0.2) is 59.8 Å². The summed E-state index contributed by atoms with van der Waals surface area (Å²) in [5, 5.41) is 12.8. The normalized spacial score (nSPS) is 20.1. The molecule has 1 aliphatic carbocycles. The van der Waals surface area contributed by atoms with E-state index in [-0.39, 0.29) is 0 Å². The summed E-state index contributed by atoms with van der Waals surface area (Å²) in [6.07, 6.45) is 4.03. The van der Waals surface area contributed by atoms with Crippen LogP contribution >= 0.6 is 11.3 Å². The van der Waals surface area contributed by atoms with Gasteiger partial charge in [0.25, 0.3) is 0 Å². The third-order valence-corrected chi connectivity index (χ3v) is 6.68. The molecule has 150 valence electrons. The van der Waals surface area contributed by atoms with Crippen LogP contribution in [0.4, 0.5) is 5.13 Å². The smallest absolute Gasteiger partial charge is 0.348 e. The van der Waals surface area contributed by atoms with Crippen molar-refractivity contribution in [1.29, 1.82) is 0 Å². The van der Waals surface area contributed by atoms with Gasteiger partial charge in [0.15, 0.2) is 5.13 Å². The van der Waals surface area contributed by atoms with Gasteiger partial charge < -0.3 is 19.6 Å². The van der Waals surface area contributed by atoms with E-state index in [2.05, 4.69) is 22.2 Å². The molecule has 0 spiro atoms. The molecule has 1 N–H and O–H groups in total. The second-order valence-corrected chi connectivity index (χ2v) is 8.63. The summed E-state index contributed by atoms with van der Waals surface area (Å²) in [6, 6.07) is 7.67. The van der Waals surface area contributed by atoms with Crippen LogP contribution in [0.15, 0.2) is 29.6 Å². The molecule has 7 heteroatoms. The van der Waals surface area contributed by atoms with Crippen LogP contribution in [0.1, 0.15) is 32.1 Å². The van der Waals surface area contributed by atoms with E-state index in [1.807, 2.05) is 24.3 Å². The molecule has 6 nitrogen and oxygen atoms in total. The van der Waals surface area contributed by atoms with Gasteiger partial charge in [0, 0.05) is 37.1 Å². The summed E-state index contributed by atoms with van der Waals surface area (Å²) in [5.41, 5.74) is 0.905. The number of thiazole rings is 1. The van der Waals surface area contributed by atoms with Crippen LogP contribution in [-0.2, 0) is 4.79 Å². The number of nitrogens with zero attached hydrogens (tertiary/aromatic N) is 3. The van der Waals surface area contributed by atoms with Crippen LogP contribution < -0.4 is 9.64 Å². The van der Waals surface area contributed by atoms with Crippen molar-refractivity contribution in [2.75, 3.05) is 38.1 Å². The molecule has 2 aliphatic rings. The Balaban J connectivity index is 1.45. The van der Waals surface area contributed by atoms with Gasteiger partial charge >= 0.3 is 5.97 Å². The van der Waals surface area contributed by atoms with E-state index in [0.29, 0.717) is 18.6 Å². The lowest BCUT2D eigenvalue weighted by atomic mass is 9.84. The predicted molar refractivity (Wildman–Crippen MR) is 111 cm³/mol. The Bertz CT molecular complexity index is 807. The van der Waals surface area contributed by atoms with Crippen molar-refractivity contribution in [2.45, 2.75) is 37.7 Å². The van der Waals surface area contributed by atoms with Gasteiger partial charge in [0.2, 0.25) is 5.60 Å². The summed E-state index contributed by atoms with van der Waals surface area (Å²) < 4.78 is 5.98. The van der Waals surface area contributed by atoms with E-state index in [4.69, 9.17) is 9.72 Å². The molecule has 0 amide bonds. The number of likely N-dealkylation sites (N-methyl/N-ethyl adjacent to an activating group) is 1. The fourth-order valence-corrected chi connectivity index (χ4v) is 4.83. The number of aromatic nitrogens is 1. The Morgan fingerprint density at radius 3 is 2.43 bits per heavy atom. The Labute approximate surface area is 169 Å². The first-order valence-electron chi connectivity index (χ1n) is 9.98. The number of carboxylic acid groups (broad SMARTS) is 1. The van der Waals surface area contributed by atoms with Crippen molar-refractivity contribution < 1.29 is 14.6 Å². The zero-order chi connectivity index (χ0) is 19.6. The number of rotatable bonds is 5. The van der Waals surface area contributed by atoms with Crippen molar-refractivity contribution in [2.24, 2.45) is 0 Å². The molecule has 0 bridgehead atoms. The second-order valence-electron chi connectivity index (χ2n) is 7.79. The van der Waals surface area contributed by atoms with Crippen LogP contribution in [0.5, 0.6) is 5.75 Å². The van der Waals surface area contributed by atoms with Crippen LogP contribution in [0.2, 0.25) is 0 Å². The average molecular weight is 402 g/mol. The molecule has 0 atom stereocenters. The average Bonchev–Trinajstić information content (AvgIpc) is 3.20. The third-order valence-electron chi connectivity index (χ3n) is 5.78. The highest BCUT2D eigenvalue weighted by molar-refractivity contribution is 7.14. The summed E-state index contributed by atoms with van der Waals surface area (Å²) >= 11 is 1.68. The molecule has 0 radical (unpaired) electrons. The Morgan fingerprint density at radius 2 is 1.79 bits per heavy atom. The summed E-state index contributed by atoms with van der Waals surface area (Å²) in [5.74, 6) is -0.241. The number of ether oxygens (including phenoxy) is 1. The van der Waals surface area contributed by atoms with Gasteiger partial charge in [0.05, 0.1) is 5.69 Å². The van der Waals surface area contributed by atoms with Gasteiger partial charge in [-0.3, -0.25) is 0 Å². The fraction of sp³-hybridized carbons (Fsp3) is 0.524. The van der Waals surface area contributed by atoms with E-state index in [9.17, 15) is 9.90 Å².